The first-order valence-corrected chi connectivity index (χ1v) is 9.53. The maximum absolute atomic E-state index is 12.6. The van der Waals surface area contributed by atoms with Crippen LogP contribution < -0.4 is 5.32 Å². The summed E-state index contributed by atoms with van der Waals surface area (Å²) < 4.78 is 6.04. The molecule has 3 heteroatoms. The fourth-order valence-electron chi connectivity index (χ4n) is 4.66. The van der Waals surface area contributed by atoms with E-state index in [0.29, 0.717) is 11.5 Å². The monoisotopic (exact) mass is 329 g/mol. The fraction of sp³-hybridized carbons (Fsp3) is 0.667. The Bertz CT molecular complexity index is 564. The highest BCUT2D eigenvalue weighted by Crippen LogP contribution is 2.44. The molecule has 1 aliphatic carbocycles. The standard InChI is InChI=1S/C21H31NO2/c1-4-20(3)15-18(24-19(23)17-11-7-5-8-12-17)16(2)21(22-20)13-9-6-10-14-21/h5,7-8,11-12,16,18,22H,4,6,9-10,13-15H2,1-3H3. The van der Waals surface area contributed by atoms with E-state index in [-0.39, 0.29) is 23.2 Å². The Morgan fingerprint density at radius 2 is 1.88 bits per heavy atom. The van der Waals surface area contributed by atoms with Crippen molar-refractivity contribution in [1.29, 1.82) is 0 Å². The molecule has 3 nitrogen and oxygen atoms in total. The topological polar surface area (TPSA) is 38.3 Å². The van der Waals surface area contributed by atoms with Crippen molar-refractivity contribution < 1.29 is 9.53 Å². The maximum Gasteiger partial charge on any atom is 0.338 e. The Hall–Kier alpha value is -1.35. The van der Waals surface area contributed by atoms with E-state index >= 15 is 0 Å². The van der Waals surface area contributed by atoms with Gasteiger partial charge in [0.15, 0.2) is 0 Å². The first kappa shape index (κ1) is 17.5. The van der Waals surface area contributed by atoms with Crippen LogP contribution in [0.15, 0.2) is 30.3 Å². The van der Waals surface area contributed by atoms with Crippen LogP contribution in [0, 0.1) is 5.92 Å². The van der Waals surface area contributed by atoms with E-state index in [9.17, 15) is 4.79 Å². The van der Waals surface area contributed by atoms with Gasteiger partial charge < -0.3 is 10.1 Å². The molecule has 132 valence electrons. The van der Waals surface area contributed by atoms with E-state index in [0.717, 1.165) is 12.8 Å². The van der Waals surface area contributed by atoms with E-state index in [2.05, 4.69) is 26.1 Å². The van der Waals surface area contributed by atoms with Gasteiger partial charge >= 0.3 is 5.97 Å². The van der Waals surface area contributed by atoms with Crippen LogP contribution in [0.3, 0.4) is 0 Å². The molecule has 3 unspecified atom stereocenters. The molecule has 1 saturated heterocycles. The van der Waals surface area contributed by atoms with Gasteiger partial charge in [0.05, 0.1) is 5.56 Å². The van der Waals surface area contributed by atoms with E-state index in [1.165, 1.54) is 32.1 Å². The van der Waals surface area contributed by atoms with Crippen molar-refractivity contribution in [1.82, 2.24) is 5.32 Å². The quantitative estimate of drug-likeness (QED) is 0.816. The van der Waals surface area contributed by atoms with Crippen molar-refractivity contribution in [2.75, 3.05) is 0 Å². The lowest BCUT2D eigenvalue weighted by Crippen LogP contribution is -2.68. The summed E-state index contributed by atoms with van der Waals surface area (Å²) in [7, 11) is 0. The predicted molar refractivity (Wildman–Crippen MR) is 97.1 cm³/mol. The number of nitrogens with one attached hydrogen (secondary N) is 1. The van der Waals surface area contributed by atoms with Crippen molar-refractivity contribution >= 4 is 5.97 Å². The Morgan fingerprint density at radius 1 is 1.21 bits per heavy atom. The van der Waals surface area contributed by atoms with Crippen LogP contribution in [-0.2, 0) is 4.74 Å². The zero-order chi connectivity index (χ0) is 17.2. The highest BCUT2D eigenvalue weighted by atomic mass is 16.5. The third-order valence-electron chi connectivity index (χ3n) is 6.43. The van der Waals surface area contributed by atoms with Gasteiger partial charge in [-0.25, -0.2) is 4.79 Å². The van der Waals surface area contributed by atoms with Gasteiger partial charge in [-0.05, 0) is 38.3 Å². The summed E-state index contributed by atoms with van der Waals surface area (Å²) in [6.07, 6.45) is 8.21. The molecule has 2 fully saturated rings. The number of hydrogen-bond acceptors (Lipinski definition) is 3. The smallest absolute Gasteiger partial charge is 0.338 e. The second-order valence-electron chi connectivity index (χ2n) is 8.06. The highest BCUT2D eigenvalue weighted by molar-refractivity contribution is 5.89. The molecule has 0 radical (unpaired) electrons. The molecule has 0 amide bonds. The number of carbonyl (C=O) groups excluding carboxylic acids is 1. The van der Waals surface area contributed by atoms with Gasteiger partial charge in [-0.15, -0.1) is 0 Å². The van der Waals surface area contributed by atoms with Crippen LogP contribution in [0.5, 0.6) is 0 Å². The van der Waals surface area contributed by atoms with E-state index in [4.69, 9.17) is 4.74 Å². The van der Waals surface area contributed by atoms with Gasteiger partial charge in [-0.2, -0.15) is 0 Å². The zero-order valence-corrected chi connectivity index (χ0v) is 15.3. The predicted octanol–water partition coefficient (Wildman–Crippen LogP) is 4.71. The van der Waals surface area contributed by atoms with Crippen molar-refractivity contribution in [3.8, 4) is 0 Å². The van der Waals surface area contributed by atoms with E-state index in [1.807, 2.05) is 30.3 Å². The van der Waals surface area contributed by atoms with Gasteiger partial charge in [0.25, 0.3) is 0 Å². The van der Waals surface area contributed by atoms with Crippen LogP contribution >= 0.6 is 0 Å². The number of benzene rings is 1. The van der Waals surface area contributed by atoms with Crippen molar-refractivity contribution in [2.45, 2.75) is 82.9 Å². The summed E-state index contributed by atoms with van der Waals surface area (Å²) >= 11 is 0. The molecule has 1 N–H and O–H groups in total. The lowest BCUT2D eigenvalue weighted by Gasteiger charge is -2.56. The Kier molecular flexibility index (Phi) is 5.00. The third kappa shape index (κ3) is 3.37. The highest BCUT2D eigenvalue weighted by Gasteiger charge is 2.51. The lowest BCUT2D eigenvalue weighted by molar-refractivity contribution is -0.0626. The fourth-order valence-corrected chi connectivity index (χ4v) is 4.66. The second-order valence-corrected chi connectivity index (χ2v) is 8.06. The molecule has 0 bridgehead atoms. The number of carbonyl (C=O) groups is 1. The zero-order valence-electron chi connectivity index (χ0n) is 15.3. The van der Waals surface area contributed by atoms with Gasteiger partial charge in [0, 0.05) is 23.4 Å². The molecule has 2 aliphatic rings. The van der Waals surface area contributed by atoms with Crippen LogP contribution in [0.1, 0.15) is 76.1 Å². The third-order valence-corrected chi connectivity index (χ3v) is 6.43. The van der Waals surface area contributed by atoms with Crippen LogP contribution in [0.2, 0.25) is 0 Å². The van der Waals surface area contributed by atoms with Gasteiger partial charge in [-0.3, -0.25) is 0 Å². The minimum atomic E-state index is -0.182. The van der Waals surface area contributed by atoms with E-state index < -0.39 is 0 Å². The van der Waals surface area contributed by atoms with Gasteiger partial charge in [0.2, 0.25) is 0 Å². The SMILES string of the molecule is CCC1(C)CC(OC(=O)c2ccccc2)C(C)C2(CCCCC2)N1. The number of piperidine rings is 1. The molecule has 24 heavy (non-hydrogen) atoms. The number of ether oxygens (including phenoxy) is 1. The molecular weight excluding hydrogens is 298 g/mol. The maximum atomic E-state index is 12.6. The molecule has 1 heterocycles. The first-order chi connectivity index (χ1) is 11.5. The van der Waals surface area contributed by atoms with Crippen molar-refractivity contribution in [3.63, 3.8) is 0 Å². The summed E-state index contributed by atoms with van der Waals surface area (Å²) in [5.74, 6) is 0.170. The van der Waals surface area contributed by atoms with Crippen LogP contribution in [0.25, 0.3) is 0 Å². The summed E-state index contributed by atoms with van der Waals surface area (Å²) in [4.78, 5) is 12.6. The van der Waals surface area contributed by atoms with Crippen LogP contribution in [-0.4, -0.2) is 23.2 Å². The Balaban J connectivity index is 1.81. The second kappa shape index (κ2) is 6.87. The number of hydrogen-bond donors (Lipinski definition) is 1. The normalized spacial score (nSPS) is 32.5. The van der Waals surface area contributed by atoms with Gasteiger partial charge in [-0.1, -0.05) is 51.3 Å². The summed E-state index contributed by atoms with van der Waals surface area (Å²) in [5.41, 5.74) is 0.827. The molecule has 3 atom stereocenters. The van der Waals surface area contributed by atoms with E-state index in [1.54, 1.807) is 0 Å². The van der Waals surface area contributed by atoms with Crippen LogP contribution in [0.4, 0.5) is 0 Å². The van der Waals surface area contributed by atoms with Gasteiger partial charge in [0.1, 0.15) is 6.10 Å². The molecule has 1 aromatic carbocycles. The first-order valence-electron chi connectivity index (χ1n) is 9.53. The summed E-state index contributed by atoms with van der Waals surface area (Å²) in [5, 5.41) is 4.00. The summed E-state index contributed by atoms with van der Waals surface area (Å²) in [6.45, 7) is 6.80. The van der Waals surface area contributed by atoms with Crippen molar-refractivity contribution in [2.24, 2.45) is 5.92 Å². The molecule has 0 aromatic heterocycles. The lowest BCUT2D eigenvalue weighted by atomic mass is 9.64. The number of rotatable bonds is 3. The molecule has 1 aliphatic heterocycles. The molecule has 1 aromatic rings. The molecule has 3 rings (SSSR count). The Labute approximate surface area is 146 Å². The molecule has 1 saturated carbocycles. The average Bonchev–Trinajstić information content (AvgIpc) is 2.61. The van der Waals surface area contributed by atoms with Crippen molar-refractivity contribution in [3.05, 3.63) is 35.9 Å². The minimum Gasteiger partial charge on any atom is -0.458 e. The average molecular weight is 329 g/mol. The number of esters is 1. The molecule has 1 spiro atoms. The summed E-state index contributed by atoms with van der Waals surface area (Å²) in [6, 6.07) is 9.38. The molecular formula is C21H31NO2. The minimum absolute atomic E-state index is 0.0120. The Morgan fingerprint density at radius 3 is 2.50 bits per heavy atom. The largest absolute Gasteiger partial charge is 0.458 e.